The molecule has 0 spiro atoms. The average molecular weight is 321 g/mol. The van der Waals surface area contributed by atoms with Gasteiger partial charge in [-0.3, -0.25) is 0 Å². The molecule has 0 radical (unpaired) electrons. The monoisotopic (exact) mass is 320 g/mol. The molecule has 3 rings (SSSR count). The van der Waals surface area contributed by atoms with Crippen LogP contribution in [0, 0.1) is 0 Å². The van der Waals surface area contributed by atoms with E-state index in [9.17, 15) is 0 Å². The molecule has 1 fully saturated rings. The first-order valence-corrected chi connectivity index (χ1v) is 8.78. The Morgan fingerprint density at radius 2 is 2.19 bits per heavy atom. The molecule has 112 valence electrons. The van der Waals surface area contributed by atoms with E-state index >= 15 is 0 Å². The minimum Gasteiger partial charge on any atom is -0.363 e. The van der Waals surface area contributed by atoms with E-state index in [0.29, 0.717) is 6.04 Å². The number of rotatable bonds is 6. The molecule has 1 aromatic heterocycles. The summed E-state index contributed by atoms with van der Waals surface area (Å²) in [5.41, 5.74) is 9.82. The predicted octanol–water partition coefficient (Wildman–Crippen LogP) is 4.46. The largest absolute Gasteiger partial charge is 0.363 e. The standard InChI is InChI=1S/C17H21ClN2S/c1-12(19)9-14-3-2-4-16(18)17(14)20(15-5-6-15)10-13-7-8-21-11-13/h2-4,7-8,11-12,15H,5-6,9-10,19H2,1H3. The smallest absolute Gasteiger partial charge is 0.0642 e. The summed E-state index contributed by atoms with van der Waals surface area (Å²) in [5, 5.41) is 5.20. The van der Waals surface area contributed by atoms with Crippen LogP contribution in [-0.2, 0) is 13.0 Å². The van der Waals surface area contributed by atoms with Crippen LogP contribution in [0.15, 0.2) is 35.0 Å². The summed E-state index contributed by atoms with van der Waals surface area (Å²) >= 11 is 8.29. The first-order valence-electron chi connectivity index (χ1n) is 7.46. The van der Waals surface area contributed by atoms with Crippen LogP contribution in [0.25, 0.3) is 0 Å². The first kappa shape index (κ1) is 14.9. The maximum Gasteiger partial charge on any atom is 0.0642 e. The van der Waals surface area contributed by atoms with Crippen molar-refractivity contribution >= 4 is 28.6 Å². The van der Waals surface area contributed by atoms with Crippen molar-refractivity contribution in [3.05, 3.63) is 51.2 Å². The second kappa shape index (κ2) is 6.39. The molecule has 4 heteroatoms. The summed E-state index contributed by atoms with van der Waals surface area (Å²) in [4.78, 5) is 2.47. The highest BCUT2D eigenvalue weighted by Crippen LogP contribution is 2.39. The highest BCUT2D eigenvalue weighted by molar-refractivity contribution is 7.07. The summed E-state index contributed by atoms with van der Waals surface area (Å²) in [5.74, 6) is 0. The molecule has 2 N–H and O–H groups in total. The van der Waals surface area contributed by atoms with Gasteiger partial charge >= 0.3 is 0 Å². The molecule has 1 unspecified atom stereocenters. The molecule has 0 bridgehead atoms. The van der Waals surface area contributed by atoms with Crippen LogP contribution in [0.5, 0.6) is 0 Å². The fourth-order valence-corrected chi connectivity index (χ4v) is 3.71. The maximum absolute atomic E-state index is 6.54. The van der Waals surface area contributed by atoms with Crippen LogP contribution < -0.4 is 10.6 Å². The summed E-state index contributed by atoms with van der Waals surface area (Å²) in [6, 6.07) is 9.14. The van der Waals surface area contributed by atoms with Crippen molar-refractivity contribution in [2.24, 2.45) is 5.73 Å². The predicted molar refractivity (Wildman–Crippen MR) is 92.3 cm³/mol. The van der Waals surface area contributed by atoms with Gasteiger partial charge in [0.05, 0.1) is 10.7 Å². The van der Waals surface area contributed by atoms with Gasteiger partial charge in [0, 0.05) is 18.6 Å². The molecule has 21 heavy (non-hydrogen) atoms. The van der Waals surface area contributed by atoms with Crippen molar-refractivity contribution in [1.82, 2.24) is 0 Å². The second-order valence-corrected chi connectivity index (χ2v) is 7.11. The number of hydrogen-bond donors (Lipinski definition) is 1. The molecular formula is C17H21ClN2S. The lowest BCUT2D eigenvalue weighted by Gasteiger charge is -2.28. The lowest BCUT2D eigenvalue weighted by molar-refractivity contribution is 0.724. The third-order valence-corrected chi connectivity index (χ3v) is 4.86. The Morgan fingerprint density at radius 3 is 2.81 bits per heavy atom. The van der Waals surface area contributed by atoms with Gasteiger partial charge in [0.2, 0.25) is 0 Å². The van der Waals surface area contributed by atoms with Crippen molar-refractivity contribution in [1.29, 1.82) is 0 Å². The Labute approximate surface area is 135 Å². The van der Waals surface area contributed by atoms with E-state index in [1.165, 1.54) is 29.7 Å². The van der Waals surface area contributed by atoms with Crippen LogP contribution >= 0.6 is 22.9 Å². The molecule has 1 aromatic carbocycles. The number of anilines is 1. The summed E-state index contributed by atoms with van der Waals surface area (Å²) in [7, 11) is 0. The van der Waals surface area contributed by atoms with Gasteiger partial charge in [0.25, 0.3) is 0 Å². The Balaban J connectivity index is 1.94. The second-order valence-electron chi connectivity index (χ2n) is 5.92. The Kier molecular flexibility index (Phi) is 4.53. The molecule has 1 atom stereocenters. The van der Waals surface area contributed by atoms with Crippen LogP contribution in [0.3, 0.4) is 0 Å². The van der Waals surface area contributed by atoms with E-state index in [4.69, 9.17) is 17.3 Å². The zero-order chi connectivity index (χ0) is 14.8. The van der Waals surface area contributed by atoms with E-state index in [0.717, 1.165) is 18.0 Å². The van der Waals surface area contributed by atoms with Gasteiger partial charge < -0.3 is 10.6 Å². The number of halogens is 1. The van der Waals surface area contributed by atoms with Crippen molar-refractivity contribution in [3.8, 4) is 0 Å². The van der Waals surface area contributed by atoms with E-state index in [1.54, 1.807) is 11.3 Å². The molecule has 1 heterocycles. The summed E-state index contributed by atoms with van der Waals surface area (Å²) in [6.07, 6.45) is 3.38. The fraction of sp³-hybridized carbons (Fsp3) is 0.412. The molecule has 1 aliphatic carbocycles. The Hall–Kier alpha value is -1.03. The molecule has 2 aromatic rings. The lowest BCUT2D eigenvalue weighted by Crippen LogP contribution is -2.28. The van der Waals surface area contributed by atoms with Crippen LogP contribution in [0.2, 0.25) is 5.02 Å². The number of nitrogens with two attached hydrogens (primary N) is 1. The SMILES string of the molecule is CC(N)Cc1cccc(Cl)c1N(Cc1ccsc1)C1CC1. The summed E-state index contributed by atoms with van der Waals surface area (Å²) < 4.78 is 0. The highest BCUT2D eigenvalue weighted by atomic mass is 35.5. The zero-order valence-electron chi connectivity index (χ0n) is 12.3. The van der Waals surface area contributed by atoms with Gasteiger partial charge in [-0.25, -0.2) is 0 Å². The Morgan fingerprint density at radius 1 is 1.38 bits per heavy atom. The highest BCUT2D eigenvalue weighted by Gasteiger charge is 2.31. The quantitative estimate of drug-likeness (QED) is 0.851. The van der Waals surface area contributed by atoms with Gasteiger partial charge in [-0.05, 0) is 60.2 Å². The molecule has 0 aliphatic heterocycles. The zero-order valence-corrected chi connectivity index (χ0v) is 13.8. The van der Waals surface area contributed by atoms with Crippen LogP contribution in [0.4, 0.5) is 5.69 Å². The lowest BCUT2D eigenvalue weighted by atomic mass is 10.0. The van der Waals surface area contributed by atoms with Gasteiger partial charge in [0.15, 0.2) is 0 Å². The Bertz CT molecular complexity index is 591. The molecule has 0 saturated heterocycles. The summed E-state index contributed by atoms with van der Waals surface area (Å²) in [6.45, 7) is 2.98. The molecular weight excluding hydrogens is 300 g/mol. The van der Waals surface area contributed by atoms with Gasteiger partial charge in [0.1, 0.15) is 0 Å². The molecule has 1 saturated carbocycles. The number of hydrogen-bond acceptors (Lipinski definition) is 3. The van der Waals surface area contributed by atoms with Gasteiger partial charge in [-0.15, -0.1) is 0 Å². The third-order valence-electron chi connectivity index (χ3n) is 3.82. The fourth-order valence-electron chi connectivity index (χ4n) is 2.75. The van der Waals surface area contributed by atoms with Crippen molar-refractivity contribution in [3.63, 3.8) is 0 Å². The van der Waals surface area contributed by atoms with Crippen molar-refractivity contribution in [2.45, 2.75) is 44.8 Å². The van der Waals surface area contributed by atoms with E-state index < -0.39 is 0 Å². The van der Waals surface area contributed by atoms with Crippen molar-refractivity contribution < 1.29 is 0 Å². The van der Waals surface area contributed by atoms with Gasteiger partial charge in [-0.2, -0.15) is 11.3 Å². The first-order chi connectivity index (χ1) is 10.1. The normalized spacial score (nSPS) is 16.0. The van der Waals surface area contributed by atoms with Crippen LogP contribution in [0.1, 0.15) is 30.9 Å². The number of para-hydroxylation sites is 1. The molecule has 0 amide bonds. The van der Waals surface area contributed by atoms with E-state index in [1.807, 2.05) is 19.1 Å². The number of nitrogens with zero attached hydrogens (tertiary/aromatic N) is 1. The number of benzene rings is 1. The van der Waals surface area contributed by atoms with Crippen LogP contribution in [-0.4, -0.2) is 12.1 Å². The van der Waals surface area contributed by atoms with E-state index in [2.05, 4.69) is 27.8 Å². The third kappa shape index (κ3) is 3.60. The molecule has 1 aliphatic rings. The van der Waals surface area contributed by atoms with Crippen molar-refractivity contribution in [2.75, 3.05) is 4.90 Å². The topological polar surface area (TPSA) is 29.3 Å². The molecule has 2 nitrogen and oxygen atoms in total. The van der Waals surface area contributed by atoms with Gasteiger partial charge in [-0.1, -0.05) is 23.7 Å². The minimum absolute atomic E-state index is 0.143. The minimum atomic E-state index is 0.143. The number of thiophene rings is 1. The van der Waals surface area contributed by atoms with E-state index in [-0.39, 0.29) is 6.04 Å². The maximum atomic E-state index is 6.54. The average Bonchev–Trinajstić information content (AvgIpc) is 3.14.